The van der Waals surface area contributed by atoms with Gasteiger partial charge in [-0.25, -0.2) is 9.48 Å². The number of hydrogen-bond donors (Lipinski definition) is 3. The van der Waals surface area contributed by atoms with Crippen LogP contribution < -0.4 is 10.6 Å². The molecule has 2 aromatic rings. The Morgan fingerprint density at radius 3 is 3.00 bits per heavy atom. The molecular formula is C13H17ClN4O2S. The molecule has 0 saturated carbocycles. The quantitative estimate of drug-likeness (QED) is 0.763. The molecule has 6 nitrogen and oxygen atoms in total. The zero-order chi connectivity index (χ0) is 15.2. The minimum Gasteiger partial charge on any atom is -0.386 e. The highest BCUT2D eigenvalue weighted by atomic mass is 35.5. The third-order valence-electron chi connectivity index (χ3n) is 2.77. The lowest BCUT2D eigenvalue weighted by atomic mass is 10.3. The zero-order valence-corrected chi connectivity index (χ0v) is 13.1. The number of aryl methyl sites for hydroxylation is 1. The lowest BCUT2D eigenvalue weighted by Crippen LogP contribution is -2.33. The van der Waals surface area contributed by atoms with E-state index >= 15 is 0 Å². The minimum absolute atomic E-state index is 0.116. The Bertz CT molecular complexity index is 599. The van der Waals surface area contributed by atoms with Gasteiger partial charge >= 0.3 is 6.03 Å². The molecule has 0 bridgehead atoms. The van der Waals surface area contributed by atoms with Crippen molar-refractivity contribution >= 4 is 34.8 Å². The van der Waals surface area contributed by atoms with Crippen LogP contribution in [-0.2, 0) is 6.54 Å². The van der Waals surface area contributed by atoms with Crippen LogP contribution >= 0.6 is 22.9 Å². The van der Waals surface area contributed by atoms with E-state index < -0.39 is 6.10 Å². The predicted octanol–water partition coefficient (Wildman–Crippen LogP) is 2.86. The van der Waals surface area contributed by atoms with Gasteiger partial charge < -0.3 is 10.4 Å². The van der Waals surface area contributed by atoms with Gasteiger partial charge in [-0.2, -0.15) is 5.10 Å². The third-order valence-corrected chi connectivity index (χ3v) is 4.10. The summed E-state index contributed by atoms with van der Waals surface area (Å²) < 4.78 is 2.33. The summed E-state index contributed by atoms with van der Waals surface area (Å²) in [6, 6.07) is 4.81. The highest BCUT2D eigenvalue weighted by Crippen LogP contribution is 2.26. The van der Waals surface area contributed by atoms with E-state index in [0.29, 0.717) is 10.2 Å². The Morgan fingerprint density at radius 2 is 2.33 bits per heavy atom. The van der Waals surface area contributed by atoms with E-state index in [4.69, 9.17) is 11.6 Å². The molecule has 21 heavy (non-hydrogen) atoms. The van der Waals surface area contributed by atoms with Gasteiger partial charge in [-0.1, -0.05) is 18.5 Å². The molecule has 2 rings (SSSR count). The van der Waals surface area contributed by atoms with E-state index in [1.165, 1.54) is 11.3 Å². The van der Waals surface area contributed by atoms with Crippen LogP contribution in [0.15, 0.2) is 24.4 Å². The number of halogens is 1. The van der Waals surface area contributed by atoms with Gasteiger partial charge in [-0.05, 0) is 18.6 Å². The van der Waals surface area contributed by atoms with Gasteiger partial charge in [0.25, 0.3) is 0 Å². The van der Waals surface area contributed by atoms with Crippen LogP contribution in [0.25, 0.3) is 0 Å². The van der Waals surface area contributed by atoms with Gasteiger partial charge in [-0.15, -0.1) is 11.3 Å². The molecule has 1 unspecified atom stereocenters. The van der Waals surface area contributed by atoms with Crippen LogP contribution in [-0.4, -0.2) is 27.5 Å². The largest absolute Gasteiger partial charge is 0.386 e. The van der Waals surface area contributed by atoms with Gasteiger partial charge in [-0.3, -0.25) is 5.32 Å². The molecule has 8 heteroatoms. The van der Waals surface area contributed by atoms with Gasteiger partial charge in [0.15, 0.2) is 0 Å². The van der Waals surface area contributed by atoms with Crippen LogP contribution in [0, 0.1) is 0 Å². The molecule has 0 spiro atoms. The first-order chi connectivity index (χ1) is 10.1. The Morgan fingerprint density at radius 1 is 1.52 bits per heavy atom. The number of aliphatic hydroxyl groups excluding tert-OH is 1. The normalized spacial score (nSPS) is 12.1. The summed E-state index contributed by atoms with van der Waals surface area (Å²) in [6.07, 6.45) is 1.79. The highest BCUT2D eigenvalue weighted by molar-refractivity contribution is 7.16. The van der Waals surface area contributed by atoms with Crippen LogP contribution in [0.1, 0.15) is 24.3 Å². The number of anilines is 1. The number of hydrogen-bond acceptors (Lipinski definition) is 4. The maximum Gasteiger partial charge on any atom is 0.320 e. The van der Waals surface area contributed by atoms with Crippen molar-refractivity contribution in [3.05, 3.63) is 33.6 Å². The summed E-state index contributed by atoms with van der Waals surface area (Å²) in [5, 5.41) is 19.4. The standard InChI is InChI=1S/C13H17ClN4O2S/c1-2-7-18-12(5-6-16-18)17-13(20)15-8-9(19)10-3-4-11(14)21-10/h3-6,9,19H,2,7-8H2,1H3,(H2,15,17,20). The second-order valence-corrected chi connectivity index (χ2v) is 6.18. The number of nitrogens with zero attached hydrogens (tertiary/aromatic N) is 2. The van der Waals surface area contributed by atoms with Crippen molar-refractivity contribution in [3.8, 4) is 0 Å². The summed E-state index contributed by atoms with van der Waals surface area (Å²) in [7, 11) is 0. The van der Waals surface area contributed by atoms with Crippen LogP contribution in [0.2, 0.25) is 4.34 Å². The molecule has 0 fully saturated rings. The SMILES string of the molecule is CCCn1nccc1NC(=O)NCC(O)c1ccc(Cl)s1. The van der Waals surface area contributed by atoms with Gasteiger partial charge in [0.1, 0.15) is 11.9 Å². The van der Waals surface area contributed by atoms with Crippen molar-refractivity contribution in [3.63, 3.8) is 0 Å². The summed E-state index contributed by atoms with van der Waals surface area (Å²) in [5.41, 5.74) is 0. The van der Waals surface area contributed by atoms with E-state index in [2.05, 4.69) is 15.7 Å². The van der Waals surface area contributed by atoms with Crippen molar-refractivity contribution in [2.45, 2.75) is 26.0 Å². The smallest absolute Gasteiger partial charge is 0.320 e. The fraction of sp³-hybridized carbons (Fsp3) is 0.385. The molecule has 114 valence electrons. The van der Waals surface area contributed by atoms with Crippen LogP contribution in [0.3, 0.4) is 0 Å². The van der Waals surface area contributed by atoms with Gasteiger partial charge in [0.05, 0.1) is 17.1 Å². The van der Waals surface area contributed by atoms with Crippen LogP contribution in [0.4, 0.5) is 10.6 Å². The molecular weight excluding hydrogens is 312 g/mol. The van der Waals surface area contributed by atoms with E-state index in [0.717, 1.165) is 17.8 Å². The van der Waals surface area contributed by atoms with E-state index in [1.54, 1.807) is 29.1 Å². The molecule has 2 aromatic heterocycles. The Hall–Kier alpha value is -1.57. The van der Waals surface area contributed by atoms with Crippen molar-refractivity contribution in [1.29, 1.82) is 0 Å². The summed E-state index contributed by atoms with van der Waals surface area (Å²) in [5.74, 6) is 0.628. The van der Waals surface area contributed by atoms with Crippen molar-refractivity contribution < 1.29 is 9.90 Å². The first-order valence-corrected chi connectivity index (χ1v) is 7.79. The van der Waals surface area contributed by atoms with E-state index in [9.17, 15) is 9.90 Å². The zero-order valence-electron chi connectivity index (χ0n) is 11.5. The highest BCUT2D eigenvalue weighted by Gasteiger charge is 2.12. The molecule has 1 atom stereocenters. The maximum atomic E-state index is 11.8. The predicted molar refractivity (Wildman–Crippen MR) is 83.8 cm³/mol. The van der Waals surface area contributed by atoms with Crippen molar-refractivity contribution in [2.24, 2.45) is 0 Å². The number of rotatable bonds is 6. The second kappa shape index (κ2) is 7.44. The fourth-order valence-electron chi connectivity index (χ4n) is 1.79. The Kier molecular flexibility index (Phi) is 5.60. The third kappa shape index (κ3) is 4.45. The molecule has 2 amide bonds. The molecule has 0 aliphatic heterocycles. The second-order valence-electron chi connectivity index (χ2n) is 4.43. The molecule has 0 aromatic carbocycles. The molecule has 3 N–H and O–H groups in total. The molecule has 0 aliphatic rings. The molecule has 0 aliphatic carbocycles. The number of aromatic nitrogens is 2. The number of aliphatic hydroxyl groups is 1. The first-order valence-electron chi connectivity index (χ1n) is 6.60. The van der Waals surface area contributed by atoms with Crippen molar-refractivity contribution in [1.82, 2.24) is 15.1 Å². The molecule has 0 saturated heterocycles. The Labute approximate surface area is 131 Å². The lowest BCUT2D eigenvalue weighted by Gasteiger charge is -2.12. The summed E-state index contributed by atoms with van der Waals surface area (Å²) in [4.78, 5) is 12.5. The number of carbonyl (C=O) groups is 1. The van der Waals surface area contributed by atoms with E-state index in [-0.39, 0.29) is 12.6 Å². The minimum atomic E-state index is -0.770. The van der Waals surface area contributed by atoms with Gasteiger partial charge in [0.2, 0.25) is 0 Å². The average molecular weight is 329 g/mol. The van der Waals surface area contributed by atoms with Crippen molar-refractivity contribution in [2.75, 3.05) is 11.9 Å². The Balaban J connectivity index is 1.83. The monoisotopic (exact) mass is 328 g/mol. The summed E-state index contributed by atoms with van der Waals surface area (Å²) >= 11 is 7.10. The fourth-order valence-corrected chi connectivity index (χ4v) is 2.83. The average Bonchev–Trinajstić information content (AvgIpc) is 3.06. The van der Waals surface area contributed by atoms with E-state index in [1.807, 2.05) is 6.92 Å². The molecule has 0 radical (unpaired) electrons. The first kappa shape index (κ1) is 15.8. The number of carbonyl (C=O) groups excluding carboxylic acids is 1. The number of amides is 2. The lowest BCUT2D eigenvalue weighted by molar-refractivity contribution is 0.178. The maximum absolute atomic E-state index is 11.8. The summed E-state index contributed by atoms with van der Waals surface area (Å²) in [6.45, 7) is 2.89. The molecule has 2 heterocycles. The number of thiophene rings is 1. The number of urea groups is 1. The van der Waals surface area contributed by atoms with Crippen LogP contribution in [0.5, 0.6) is 0 Å². The topological polar surface area (TPSA) is 79.2 Å². The van der Waals surface area contributed by atoms with Gasteiger partial charge in [0, 0.05) is 17.5 Å². The number of nitrogens with one attached hydrogen (secondary N) is 2.